The lowest BCUT2D eigenvalue weighted by Gasteiger charge is -2.60. The lowest BCUT2D eigenvalue weighted by Crippen LogP contribution is -2.55. The van der Waals surface area contributed by atoms with Gasteiger partial charge in [0.2, 0.25) is 0 Å². The van der Waals surface area contributed by atoms with Crippen LogP contribution < -0.4 is 0 Å². The second-order valence-corrected chi connectivity index (χ2v) is 13.0. The summed E-state index contributed by atoms with van der Waals surface area (Å²) in [5.74, 6) is 2.96. The first-order valence-corrected chi connectivity index (χ1v) is 13.8. The summed E-state index contributed by atoms with van der Waals surface area (Å²) in [5.41, 5.74) is 1.80. The van der Waals surface area contributed by atoms with Gasteiger partial charge in [-0.25, -0.2) is 4.79 Å². The van der Waals surface area contributed by atoms with Gasteiger partial charge in [0.25, 0.3) is 0 Å². The molecule has 3 saturated carbocycles. The molecule has 4 nitrogen and oxygen atoms in total. The molecule has 4 aliphatic rings. The molecule has 3 fully saturated rings. The molecule has 0 saturated heterocycles. The van der Waals surface area contributed by atoms with E-state index in [1.807, 2.05) is 0 Å². The molecule has 33 heavy (non-hydrogen) atoms. The van der Waals surface area contributed by atoms with Gasteiger partial charge in [-0.3, -0.25) is 0 Å². The lowest BCUT2D eigenvalue weighted by atomic mass is 9.46. The first kappa shape index (κ1) is 25.2. The molecule has 0 heterocycles. The van der Waals surface area contributed by atoms with Gasteiger partial charge >= 0.3 is 5.97 Å². The zero-order valence-corrected chi connectivity index (χ0v) is 21.7. The lowest BCUT2D eigenvalue weighted by molar-refractivity contribution is -0.151. The van der Waals surface area contributed by atoms with E-state index in [-0.39, 0.29) is 24.2 Å². The Bertz CT molecular complexity index is 744. The summed E-state index contributed by atoms with van der Waals surface area (Å²) in [5, 5.41) is 19.7. The van der Waals surface area contributed by atoms with E-state index in [1.165, 1.54) is 50.5 Å². The van der Waals surface area contributed by atoms with Crippen LogP contribution in [0.15, 0.2) is 11.6 Å². The maximum atomic E-state index is 11.4. The molecular formula is C29H48O4. The van der Waals surface area contributed by atoms with E-state index in [0.717, 1.165) is 37.0 Å². The number of ether oxygens (including phenoxy) is 1. The SMILES string of the molecule is CC(C)CCC[C@@H](C)[C@H]1CC[C@H]2[C@@H]3[C@@H](OCC(=O)O)C=C4C[C@@H](O)CC[C@]4(C)[C@H]3CC[C@]12C. The van der Waals surface area contributed by atoms with Gasteiger partial charge in [0.15, 0.2) is 0 Å². The Kier molecular flexibility index (Phi) is 7.37. The van der Waals surface area contributed by atoms with E-state index in [4.69, 9.17) is 4.74 Å². The third-order valence-electron chi connectivity index (χ3n) is 10.7. The fourth-order valence-corrected chi connectivity index (χ4v) is 8.95. The van der Waals surface area contributed by atoms with Crippen molar-refractivity contribution in [1.29, 1.82) is 0 Å². The first-order valence-electron chi connectivity index (χ1n) is 13.8. The number of hydrogen-bond acceptors (Lipinski definition) is 3. The van der Waals surface area contributed by atoms with Crippen LogP contribution in [0.1, 0.15) is 98.8 Å². The molecule has 4 heteroatoms. The van der Waals surface area contributed by atoms with Crippen molar-refractivity contribution in [2.45, 2.75) is 111 Å². The van der Waals surface area contributed by atoms with Gasteiger partial charge in [-0.2, -0.15) is 0 Å². The number of rotatable bonds is 8. The van der Waals surface area contributed by atoms with Gasteiger partial charge < -0.3 is 14.9 Å². The van der Waals surface area contributed by atoms with Crippen molar-refractivity contribution < 1.29 is 19.7 Å². The van der Waals surface area contributed by atoms with E-state index < -0.39 is 5.97 Å². The molecular weight excluding hydrogens is 412 g/mol. The van der Waals surface area contributed by atoms with Crippen LogP contribution in [0.25, 0.3) is 0 Å². The van der Waals surface area contributed by atoms with E-state index in [2.05, 4.69) is 40.7 Å². The number of aliphatic hydroxyl groups is 1. The van der Waals surface area contributed by atoms with Gasteiger partial charge in [-0.1, -0.05) is 65.5 Å². The van der Waals surface area contributed by atoms with Crippen LogP contribution in [0.4, 0.5) is 0 Å². The molecule has 4 aliphatic carbocycles. The average molecular weight is 461 g/mol. The minimum atomic E-state index is -0.886. The van der Waals surface area contributed by atoms with Gasteiger partial charge in [-0.15, -0.1) is 0 Å². The van der Waals surface area contributed by atoms with Gasteiger partial charge in [0, 0.05) is 0 Å². The monoisotopic (exact) mass is 460 g/mol. The smallest absolute Gasteiger partial charge is 0.329 e. The van der Waals surface area contributed by atoms with Crippen LogP contribution in [0.3, 0.4) is 0 Å². The Morgan fingerprint density at radius 2 is 1.85 bits per heavy atom. The van der Waals surface area contributed by atoms with Crippen LogP contribution in [0.2, 0.25) is 0 Å². The zero-order chi connectivity index (χ0) is 24.0. The second kappa shape index (κ2) is 9.64. The van der Waals surface area contributed by atoms with Crippen molar-refractivity contribution in [3.05, 3.63) is 11.6 Å². The van der Waals surface area contributed by atoms with Crippen LogP contribution in [0.5, 0.6) is 0 Å². The minimum Gasteiger partial charge on any atom is -0.480 e. The van der Waals surface area contributed by atoms with E-state index in [1.54, 1.807) is 0 Å². The summed E-state index contributed by atoms with van der Waals surface area (Å²) in [6.45, 7) is 11.9. The number of carboxylic acid groups (broad SMARTS) is 1. The van der Waals surface area contributed by atoms with Gasteiger partial charge in [-0.05, 0) is 91.3 Å². The average Bonchev–Trinajstić information content (AvgIpc) is 3.09. The molecule has 0 aromatic heterocycles. The normalized spacial score (nSPS) is 43.4. The Labute approximate surface area is 201 Å². The standard InChI is InChI=1S/C29H48O4/c1-18(2)7-6-8-19(3)22-9-10-23-27-24(12-14-29(22,23)5)28(4)13-11-21(30)15-20(28)16-25(27)33-17-26(31)32/h16,18-19,21-25,27,30H,6-15,17H2,1-5H3,(H,31,32)/t19-,21+,22-,23+,24+,25+,27+,28+,29-/m1/s1. The van der Waals surface area contributed by atoms with Crippen LogP contribution >= 0.6 is 0 Å². The van der Waals surface area contributed by atoms with Crippen LogP contribution in [-0.2, 0) is 9.53 Å². The molecule has 0 aliphatic heterocycles. The highest BCUT2D eigenvalue weighted by Gasteiger charge is 2.61. The Balaban J connectivity index is 1.60. The Hall–Kier alpha value is -0.870. The highest BCUT2D eigenvalue weighted by Crippen LogP contribution is 2.67. The fraction of sp³-hybridized carbons (Fsp3) is 0.897. The number of aliphatic carboxylic acids is 1. The van der Waals surface area contributed by atoms with E-state index in [9.17, 15) is 15.0 Å². The topological polar surface area (TPSA) is 66.8 Å². The van der Waals surface area contributed by atoms with Crippen LogP contribution in [-0.4, -0.2) is 35.0 Å². The van der Waals surface area contributed by atoms with Crippen molar-refractivity contribution in [1.82, 2.24) is 0 Å². The second-order valence-electron chi connectivity index (χ2n) is 13.0. The van der Waals surface area contributed by atoms with Gasteiger partial charge in [0.1, 0.15) is 6.61 Å². The quantitative estimate of drug-likeness (QED) is 0.407. The highest BCUT2D eigenvalue weighted by atomic mass is 16.5. The number of hydrogen-bond donors (Lipinski definition) is 2. The van der Waals surface area contributed by atoms with Crippen molar-refractivity contribution in [3.8, 4) is 0 Å². The number of fused-ring (bicyclic) bond motifs is 5. The summed E-state index contributed by atoms with van der Waals surface area (Å²) < 4.78 is 6.13. The van der Waals surface area contributed by atoms with Crippen molar-refractivity contribution in [2.75, 3.05) is 6.61 Å². The molecule has 0 aromatic carbocycles. The Morgan fingerprint density at radius 3 is 2.55 bits per heavy atom. The maximum Gasteiger partial charge on any atom is 0.329 e. The molecule has 0 aromatic rings. The van der Waals surface area contributed by atoms with Crippen molar-refractivity contribution in [2.24, 2.45) is 46.3 Å². The fourth-order valence-electron chi connectivity index (χ4n) is 8.95. The molecule has 0 unspecified atom stereocenters. The molecule has 188 valence electrons. The van der Waals surface area contributed by atoms with Crippen LogP contribution in [0, 0.1) is 46.3 Å². The first-order chi connectivity index (χ1) is 15.6. The molecule has 0 radical (unpaired) electrons. The summed E-state index contributed by atoms with van der Waals surface area (Å²) in [4.78, 5) is 11.4. The molecule has 0 amide bonds. The molecule has 0 spiro atoms. The van der Waals surface area contributed by atoms with Crippen molar-refractivity contribution >= 4 is 5.97 Å². The number of carboxylic acids is 1. The predicted octanol–water partition coefficient (Wildman–Crippen LogP) is 6.47. The largest absolute Gasteiger partial charge is 0.480 e. The third kappa shape index (κ3) is 4.68. The maximum absolute atomic E-state index is 11.4. The van der Waals surface area contributed by atoms with Gasteiger partial charge in [0.05, 0.1) is 12.2 Å². The summed E-state index contributed by atoms with van der Waals surface area (Å²) in [6.07, 6.45) is 13.6. The summed E-state index contributed by atoms with van der Waals surface area (Å²) >= 11 is 0. The zero-order valence-electron chi connectivity index (χ0n) is 21.7. The molecule has 4 rings (SSSR count). The molecule has 9 atom stereocenters. The molecule has 2 N–H and O–H groups in total. The Morgan fingerprint density at radius 1 is 1.09 bits per heavy atom. The number of carbonyl (C=O) groups is 1. The summed E-state index contributed by atoms with van der Waals surface area (Å²) in [6, 6.07) is 0. The van der Waals surface area contributed by atoms with Crippen molar-refractivity contribution in [3.63, 3.8) is 0 Å². The highest BCUT2D eigenvalue weighted by molar-refractivity contribution is 5.68. The van der Waals surface area contributed by atoms with E-state index >= 15 is 0 Å². The number of aliphatic hydroxyl groups excluding tert-OH is 1. The predicted molar refractivity (Wildman–Crippen MR) is 132 cm³/mol. The molecule has 0 bridgehead atoms. The summed E-state index contributed by atoms with van der Waals surface area (Å²) in [7, 11) is 0. The minimum absolute atomic E-state index is 0.126. The van der Waals surface area contributed by atoms with E-state index in [0.29, 0.717) is 23.2 Å². The third-order valence-corrected chi connectivity index (χ3v) is 10.7.